The first-order valence-corrected chi connectivity index (χ1v) is 5.63. The highest BCUT2D eigenvalue weighted by Gasteiger charge is 2.02. The van der Waals surface area contributed by atoms with Crippen molar-refractivity contribution < 1.29 is 0 Å². The molecule has 68 valence electrons. The smallest absolute Gasteiger partial charge is 0.177 e. The van der Waals surface area contributed by atoms with E-state index in [1.807, 2.05) is 12.1 Å². The summed E-state index contributed by atoms with van der Waals surface area (Å²) in [6.45, 7) is 0. The van der Waals surface area contributed by atoms with E-state index in [0.717, 1.165) is 8.55 Å². The van der Waals surface area contributed by atoms with Crippen LogP contribution in [0.15, 0.2) is 16.3 Å². The molecule has 0 fully saturated rings. The molecule has 0 atom stereocenters. The van der Waals surface area contributed by atoms with Gasteiger partial charge in [-0.2, -0.15) is 5.21 Å². The third kappa shape index (κ3) is 2.43. The number of nitrogens with one attached hydrogen (secondary N) is 1. The van der Waals surface area contributed by atoms with Crippen molar-refractivity contribution >= 4 is 34.7 Å². The summed E-state index contributed by atoms with van der Waals surface area (Å²) >= 11 is 8.98. The van der Waals surface area contributed by atoms with Crippen LogP contribution >= 0.6 is 34.7 Å². The van der Waals surface area contributed by atoms with E-state index in [2.05, 4.69) is 20.6 Å². The second kappa shape index (κ2) is 4.08. The SMILES string of the molecule is Clc1ccc(SCc2nn[nH]n2)s1. The van der Waals surface area contributed by atoms with Gasteiger partial charge in [0.05, 0.1) is 14.3 Å². The Hall–Kier alpha value is -0.590. The van der Waals surface area contributed by atoms with Gasteiger partial charge in [0.2, 0.25) is 0 Å². The van der Waals surface area contributed by atoms with Gasteiger partial charge in [0.1, 0.15) is 0 Å². The third-order valence-electron chi connectivity index (χ3n) is 1.28. The molecule has 0 aromatic carbocycles. The van der Waals surface area contributed by atoms with Crippen LogP contribution in [0.5, 0.6) is 0 Å². The van der Waals surface area contributed by atoms with E-state index in [4.69, 9.17) is 11.6 Å². The van der Waals surface area contributed by atoms with Gasteiger partial charge in [-0.3, -0.25) is 0 Å². The lowest BCUT2D eigenvalue weighted by Crippen LogP contribution is -1.82. The first-order valence-electron chi connectivity index (χ1n) is 3.45. The Morgan fingerprint density at radius 3 is 3.08 bits per heavy atom. The highest BCUT2D eigenvalue weighted by Crippen LogP contribution is 2.31. The molecule has 2 aromatic rings. The topological polar surface area (TPSA) is 54.5 Å². The summed E-state index contributed by atoms with van der Waals surface area (Å²) in [6.07, 6.45) is 0. The number of tetrazole rings is 1. The van der Waals surface area contributed by atoms with Gasteiger partial charge < -0.3 is 0 Å². The summed E-state index contributed by atoms with van der Waals surface area (Å²) < 4.78 is 1.96. The van der Waals surface area contributed by atoms with Crippen molar-refractivity contribution in [3.8, 4) is 0 Å². The summed E-state index contributed by atoms with van der Waals surface area (Å²) in [5.41, 5.74) is 0. The second-order valence-electron chi connectivity index (χ2n) is 2.18. The van der Waals surface area contributed by atoms with E-state index in [0.29, 0.717) is 11.6 Å². The number of nitrogens with zero attached hydrogens (tertiary/aromatic N) is 3. The fraction of sp³-hybridized carbons (Fsp3) is 0.167. The quantitative estimate of drug-likeness (QED) is 0.825. The number of thiophene rings is 1. The van der Waals surface area contributed by atoms with Crippen molar-refractivity contribution in [3.63, 3.8) is 0 Å². The maximum absolute atomic E-state index is 5.78. The van der Waals surface area contributed by atoms with Crippen molar-refractivity contribution in [2.45, 2.75) is 9.96 Å². The minimum Gasteiger partial charge on any atom is -0.177 e. The van der Waals surface area contributed by atoms with Gasteiger partial charge in [-0.05, 0) is 12.1 Å². The van der Waals surface area contributed by atoms with Crippen molar-refractivity contribution in [1.29, 1.82) is 0 Å². The predicted molar refractivity (Wildman–Crippen MR) is 53.1 cm³/mol. The summed E-state index contributed by atoms with van der Waals surface area (Å²) in [5, 5.41) is 13.6. The Bertz CT molecular complexity index is 372. The molecule has 0 saturated heterocycles. The highest BCUT2D eigenvalue weighted by molar-refractivity contribution is 8.00. The molecule has 0 aliphatic carbocycles. The molecule has 7 heteroatoms. The lowest BCUT2D eigenvalue weighted by atomic mass is 10.7. The summed E-state index contributed by atoms with van der Waals surface area (Å²) in [7, 11) is 0. The summed E-state index contributed by atoms with van der Waals surface area (Å²) in [6, 6.07) is 3.86. The number of hydrogen-bond acceptors (Lipinski definition) is 5. The number of halogens is 1. The van der Waals surface area contributed by atoms with E-state index < -0.39 is 0 Å². The van der Waals surface area contributed by atoms with Crippen LogP contribution in [0.25, 0.3) is 0 Å². The van der Waals surface area contributed by atoms with E-state index in [1.54, 1.807) is 23.1 Å². The fourth-order valence-electron chi connectivity index (χ4n) is 0.755. The van der Waals surface area contributed by atoms with E-state index in [1.165, 1.54) is 0 Å². The fourth-order valence-corrected chi connectivity index (χ4v) is 2.91. The number of rotatable bonds is 3. The van der Waals surface area contributed by atoms with Crippen LogP contribution in [-0.4, -0.2) is 20.6 Å². The summed E-state index contributed by atoms with van der Waals surface area (Å²) in [5.74, 6) is 1.42. The third-order valence-corrected chi connectivity index (χ3v) is 3.73. The first kappa shape index (κ1) is 8.98. The van der Waals surface area contributed by atoms with E-state index >= 15 is 0 Å². The van der Waals surface area contributed by atoms with Gasteiger partial charge >= 0.3 is 0 Å². The normalized spacial score (nSPS) is 10.5. The average molecular weight is 233 g/mol. The predicted octanol–water partition coefficient (Wildman–Crippen LogP) is 2.21. The minimum atomic E-state index is 0.703. The van der Waals surface area contributed by atoms with Crippen LogP contribution in [0.3, 0.4) is 0 Å². The van der Waals surface area contributed by atoms with Gasteiger partial charge in [-0.15, -0.1) is 33.3 Å². The molecule has 0 radical (unpaired) electrons. The van der Waals surface area contributed by atoms with Gasteiger partial charge in [-0.25, -0.2) is 0 Å². The Balaban J connectivity index is 1.93. The van der Waals surface area contributed by atoms with Crippen LogP contribution in [0.2, 0.25) is 4.34 Å². The molecule has 2 rings (SSSR count). The maximum atomic E-state index is 5.78. The number of H-pyrrole nitrogens is 1. The lowest BCUT2D eigenvalue weighted by Gasteiger charge is -1.90. The monoisotopic (exact) mass is 232 g/mol. The van der Waals surface area contributed by atoms with Crippen LogP contribution in [0.4, 0.5) is 0 Å². The van der Waals surface area contributed by atoms with Crippen LogP contribution in [-0.2, 0) is 5.75 Å². The lowest BCUT2D eigenvalue weighted by molar-refractivity contribution is 0.881. The van der Waals surface area contributed by atoms with Crippen LogP contribution < -0.4 is 0 Å². The first-order chi connectivity index (χ1) is 6.34. The molecule has 0 spiro atoms. The van der Waals surface area contributed by atoms with Crippen molar-refractivity contribution in [3.05, 3.63) is 22.3 Å². The van der Waals surface area contributed by atoms with Crippen molar-refractivity contribution in [1.82, 2.24) is 20.6 Å². The molecule has 13 heavy (non-hydrogen) atoms. The molecule has 4 nitrogen and oxygen atoms in total. The van der Waals surface area contributed by atoms with Gasteiger partial charge in [0.25, 0.3) is 0 Å². The number of aromatic amines is 1. The minimum absolute atomic E-state index is 0.703. The highest BCUT2D eigenvalue weighted by atomic mass is 35.5. The molecular formula is C6H5ClN4S2. The van der Waals surface area contributed by atoms with Crippen LogP contribution in [0.1, 0.15) is 5.82 Å². The second-order valence-corrected chi connectivity index (χ2v) is 5.17. The Morgan fingerprint density at radius 2 is 2.46 bits per heavy atom. The Labute approximate surface area is 87.7 Å². The molecule has 0 saturated carbocycles. The number of aromatic nitrogens is 4. The maximum Gasteiger partial charge on any atom is 0.184 e. The zero-order chi connectivity index (χ0) is 9.10. The molecule has 0 aliphatic rings. The molecule has 2 heterocycles. The van der Waals surface area contributed by atoms with Gasteiger partial charge in [-0.1, -0.05) is 16.8 Å². The van der Waals surface area contributed by atoms with Crippen molar-refractivity contribution in [2.24, 2.45) is 0 Å². The molecule has 0 amide bonds. The Morgan fingerprint density at radius 1 is 1.54 bits per heavy atom. The molecular weight excluding hydrogens is 228 g/mol. The zero-order valence-electron chi connectivity index (χ0n) is 6.40. The standard InChI is InChI=1S/C6H5ClN4S2/c7-4-1-2-6(13-4)12-3-5-8-10-11-9-5/h1-2H,3H2,(H,8,9,10,11). The zero-order valence-corrected chi connectivity index (χ0v) is 8.79. The molecule has 0 unspecified atom stereocenters. The molecule has 0 aliphatic heterocycles. The largest absolute Gasteiger partial charge is 0.184 e. The average Bonchev–Trinajstić information content (AvgIpc) is 2.71. The molecule has 1 N–H and O–H groups in total. The number of thioether (sulfide) groups is 1. The van der Waals surface area contributed by atoms with Gasteiger partial charge in [0.15, 0.2) is 5.82 Å². The Kier molecular flexibility index (Phi) is 2.82. The summed E-state index contributed by atoms with van der Waals surface area (Å²) in [4.78, 5) is 0. The van der Waals surface area contributed by atoms with Crippen molar-refractivity contribution in [2.75, 3.05) is 0 Å². The molecule has 0 bridgehead atoms. The van der Waals surface area contributed by atoms with Gasteiger partial charge in [0, 0.05) is 0 Å². The van der Waals surface area contributed by atoms with E-state index in [-0.39, 0.29) is 0 Å². The number of hydrogen-bond donors (Lipinski definition) is 1. The molecule has 2 aromatic heterocycles. The van der Waals surface area contributed by atoms with Crippen LogP contribution in [0, 0.1) is 0 Å². The van der Waals surface area contributed by atoms with E-state index in [9.17, 15) is 0 Å².